The van der Waals surface area contributed by atoms with Crippen LogP contribution in [-0.2, 0) is 0 Å². The van der Waals surface area contributed by atoms with Crippen LogP contribution in [0.5, 0.6) is 5.75 Å². The summed E-state index contributed by atoms with van der Waals surface area (Å²) in [6.45, 7) is 5.98. The van der Waals surface area contributed by atoms with Gasteiger partial charge in [0.1, 0.15) is 12.4 Å². The van der Waals surface area contributed by atoms with Crippen molar-refractivity contribution in [1.29, 1.82) is 0 Å². The number of hydrogen-bond acceptors (Lipinski definition) is 4. The first-order valence-corrected chi connectivity index (χ1v) is 5.40. The predicted octanol–water partition coefficient (Wildman–Crippen LogP) is 2.25. The van der Waals surface area contributed by atoms with Crippen LogP contribution < -0.4 is 4.74 Å². The van der Waals surface area contributed by atoms with E-state index in [1.165, 1.54) is 6.20 Å². The molecule has 1 aromatic heterocycles. The Hall–Kier alpha value is -1.91. The number of aromatic carboxylic acids is 1. The van der Waals surface area contributed by atoms with Crippen LogP contribution in [0.2, 0.25) is 0 Å². The van der Waals surface area contributed by atoms with Gasteiger partial charge in [0.05, 0.1) is 6.20 Å². The summed E-state index contributed by atoms with van der Waals surface area (Å²) in [6.07, 6.45) is 5.01. The smallest absolute Gasteiger partial charge is 0.358 e. The van der Waals surface area contributed by atoms with Crippen LogP contribution in [-0.4, -0.2) is 27.7 Å². The largest absolute Gasteiger partial charge is 0.485 e. The van der Waals surface area contributed by atoms with E-state index in [9.17, 15) is 4.79 Å². The molecule has 0 aliphatic carbocycles. The molecule has 0 saturated carbocycles. The Kier molecular flexibility index (Phi) is 4.63. The van der Waals surface area contributed by atoms with Crippen molar-refractivity contribution in [3.63, 3.8) is 0 Å². The minimum absolute atomic E-state index is 0.0812. The lowest BCUT2D eigenvalue weighted by Crippen LogP contribution is -2.10. The van der Waals surface area contributed by atoms with Crippen molar-refractivity contribution in [2.24, 2.45) is 0 Å². The summed E-state index contributed by atoms with van der Waals surface area (Å²) >= 11 is 0. The molecule has 1 aromatic rings. The number of carbonyl (C=O) groups is 1. The normalized spacial score (nSPS) is 11.1. The van der Waals surface area contributed by atoms with Gasteiger partial charge in [-0.25, -0.2) is 14.8 Å². The third-order valence-electron chi connectivity index (χ3n) is 2.06. The summed E-state index contributed by atoms with van der Waals surface area (Å²) in [5.41, 5.74) is -0.0896. The van der Waals surface area contributed by atoms with Crippen LogP contribution in [0.15, 0.2) is 18.3 Å². The van der Waals surface area contributed by atoms with E-state index in [2.05, 4.69) is 9.97 Å². The number of carboxylic acid groups (broad SMARTS) is 1. The number of aromatic nitrogens is 2. The molecule has 0 saturated heterocycles. The maximum atomic E-state index is 11.0. The van der Waals surface area contributed by atoms with E-state index in [0.717, 1.165) is 0 Å². The van der Waals surface area contributed by atoms with Crippen LogP contribution in [0.25, 0.3) is 0 Å². The number of ether oxygens (including phenoxy) is 1. The lowest BCUT2D eigenvalue weighted by atomic mass is 10.2. The first-order valence-electron chi connectivity index (χ1n) is 5.40. The monoisotopic (exact) mass is 236 g/mol. The van der Waals surface area contributed by atoms with Gasteiger partial charge in [-0.05, 0) is 6.92 Å². The molecule has 0 amide bonds. The van der Waals surface area contributed by atoms with Crippen molar-refractivity contribution in [3.8, 4) is 5.75 Å². The fourth-order valence-corrected chi connectivity index (χ4v) is 1.16. The van der Waals surface area contributed by atoms with Crippen LogP contribution in [0, 0.1) is 0 Å². The summed E-state index contributed by atoms with van der Waals surface area (Å²) in [5, 5.41) is 9.04. The number of hydrogen-bond donors (Lipinski definition) is 1. The molecule has 0 bridgehead atoms. The fourth-order valence-electron chi connectivity index (χ4n) is 1.16. The molecule has 0 unspecified atom stereocenters. The zero-order valence-electron chi connectivity index (χ0n) is 10.2. The van der Waals surface area contributed by atoms with Crippen molar-refractivity contribution in [3.05, 3.63) is 29.9 Å². The van der Waals surface area contributed by atoms with Crippen LogP contribution in [0.4, 0.5) is 0 Å². The number of rotatable bonds is 5. The highest BCUT2D eigenvalue weighted by atomic mass is 16.5. The molecule has 0 aromatic carbocycles. The van der Waals surface area contributed by atoms with Gasteiger partial charge in [0.25, 0.3) is 0 Å². The number of allylic oxidation sites excluding steroid dienone is 1. The van der Waals surface area contributed by atoms with Crippen molar-refractivity contribution in [1.82, 2.24) is 9.97 Å². The summed E-state index contributed by atoms with van der Waals surface area (Å²) in [6, 6.07) is 0. The van der Waals surface area contributed by atoms with Gasteiger partial charge in [-0.2, -0.15) is 0 Å². The van der Waals surface area contributed by atoms with Gasteiger partial charge in [0.15, 0.2) is 11.4 Å². The molecular weight excluding hydrogens is 220 g/mol. The molecule has 17 heavy (non-hydrogen) atoms. The average Bonchev–Trinajstić information content (AvgIpc) is 2.29. The summed E-state index contributed by atoms with van der Waals surface area (Å²) < 4.78 is 5.28. The highest BCUT2D eigenvalue weighted by molar-refractivity contribution is 5.88. The second-order valence-electron chi connectivity index (χ2n) is 3.78. The first-order chi connectivity index (χ1) is 8.06. The van der Waals surface area contributed by atoms with Gasteiger partial charge in [-0.3, -0.25) is 0 Å². The summed E-state index contributed by atoms with van der Waals surface area (Å²) in [7, 11) is 0. The Morgan fingerprint density at radius 2 is 2.29 bits per heavy atom. The molecule has 0 aliphatic rings. The lowest BCUT2D eigenvalue weighted by Gasteiger charge is -2.09. The zero-order valence-corrected chi connectivity index (χ0v) is 10.2. The summed E-state index contributed by atoms with van der Waals surface area (Å²) in [4.78, 5) is 19.1. The molecule has 0 fully saturated rings. The van der Waals surface area contributed by atoms with Crippen LogP contribution in [0.1, 0.15) is 43.0 Å². The molecule has 0 aliphatic heterocycles. The Bertz CT molecular complexity index is 428. The Labute approximate surface area is 100 Å². The van der Waals surface area contributed by atoms with Gasteiger partial charge in [0.2, 0.25) is 0 Å². The van der Waals surface area contributed by atoms with E-state index >= 15 is 0 Å². The van der Waals surface area contributed by atoms with Crippen molar-refractivity contribution >= 4 is 5.97 Å². The number of carboxylic acids is 1. The van der Waals surface area contributed by atoms with Crippen molar-refractivity contribution in [2.75, 3.05) is 6.61 Å². The molecule has 0 radical (unpaired) electrons. The molecule has 1 N–H and O–H groups in total. The van der Waals surface area contributed by atoms with Gasteiger partial charge in [-0.1, -0.05) is 26.0 Å². The topological polar surface area (TPSA) is 72.3 Å². The molecule has 92 valence electrons. The molecule has 0 spiro atoms. The lowest BCUT2D eigenvalue weighted by molar-refractivity contribution is 0.0685. The van der Waals surface area contributed by atoms with Crippen molar-refractivity contribution < 1.29 is 14.6 Å². The fraction of sp³-hybridized carbons (Fsp3) is 0.417. The zero-order chi connectivity index (χ0) is 12.8. The Balaban J connectivity index is 3.00. The third kappa shape index (κ3) is 3.55. The second kappa shape index (κ2) is 5.98. The Morgan fingerprint density at radius 1 is 1.59 bits per heavy atom. The van der Waals surface area contributed by atoms with Gasteiger partial charge < -0.3 is 9.84 Å². The minimum Gasteiger partial charge on any atom is -0.485 e. The standard InChI is InChI=1S/C12H16N2O3/c1-4-5-6-17-9-7-13-11(8(2)3)14-10(9)12(15)16/h4-5,7-8H,6H2,1-3H3,(H,15,16). The molecule has 1 heterocycles. The quantitative estimate of drug-likeness (QED) is 0.794. The average molecular weight is 236 g/mol. The number of nitrogens with zero attached hydrogens (tertiary/aromatic N) is 2. The van der Waals surface area contributed by atoms with E-state index in [-0.39, 0.29) is 17.4 Å². The van der Waals surface area contributed by atoms with Crippen LogP contribution >= 0.6 is 0 Å². The molecule has 0 atom stereocenters. The summed E-state index contributed by atoms with van der Waals surface area (Å²) in [5.74, 6) is -0.330. The van der Waals surface area contributed by atoms with Crippen molar-refractivity contribution in [2.45, 2.75) is 26.7 Å². The highest BCUT2D eigenvalue weighted by Crippen LogP contribution is 2.18. The van der Waals surface area contributed by atoms with E-state index in [4.69, 9.17) is 9.84 Å². The van der Waals surface area contributed by atoms with E-state index < -0.39 is 5.97 Å². The van der Waals surface area contributed by atoms with Gasteiger partial charge in [-0.15, -0.1) is 0 Å². The van der Waals surface area contributed by atoms with E-state index in [1.807, 2.05) is 26.8 Å². The van der Waals surface area contributed by atoms with Crippen LogP contribution in [0.3, 0.4) is 0 Å². The third-order valence-corrected chi connectivity index (χ3v) is 2.06. The maximum Gasteiger partial charge on any atom is 0.358 e. The SMILES string of the molecule is CC=CCOc1cnc(C(C)C)nc1C(=O)O. The Morgan fingerprint density at radius 3 is 2.82 bits per heavy atom. The highest BCUT2D eigenvalue weighted by Gasteiger charge is 2.16. The van der Waals surface area contributed by atoms with Gasteiger partial charge in [0, 0.05) is 5.92 Å². The van der Waals surface area contributed by atoms with Gasteiger partial charge >= 0.3 is 5.97 Å². The second-order valence-corrected chi connectivity index (χ2v) is 3.78. The predicted molar refractivity (Wildman–Crippen MR) is 63.4 cm³/mol. The molecule has 5 heteroatoms. The molecule has 5 nitrogen and oxygen atoms in total. The first kappa shape index (κ1) is 13.2. The maximum absolute atomic E-state index is 11.0. The molecule has 1 rings (SSSR count). The van der Waals surface area contributed by atoms with E-state index in [0.29, 0.717) is 12.4 Å². The van der Waals surface area contributed by atoms with E-state index in [1.54, 1.807) is 6.08 Å². The minimum atomic E-state index is -1.11. The molecular formula is C12H16N2O3.